The van der Waals surface area contributed by atoms with Crippen LogP contribution in [-0.2, 0) is 0 Å². The van der Waals surface area contributed by atoms with Crippen LogP contribution in [0.25, 0.3) is 11.3 Å². The van der Waals surface area contributed by atoms with Crippen molar-refractivity contribution < 1.29 is 0 Å². The van der Waals surface area contributed by atoms with Crippen molar-refractivity contribution in [1.29, 1.82) is 0 Å². The highest BCUT2D eigenvalue weighted by Crippen LogP contribution is 2.32. The van der Waals surface area contributed by atoms with Crippen molar-refractivity contribution in [3.63, 3.8) is 0 Å². The first-order valence-corrected chi connectivity index (χ1v) is 7.22. The van der Waals surface area contributed by atoms with E-state index in [4.69, 9.17) is 4.98 Å². The summed E-state index contributed by atoms with van der Waals surface area (Å²) in [5.41, 5.74) is 2.24. The molecular formula is C14H17N3S. The predicted octanol–water partition coefficient (Wildman–Crippen LogP) is 3.01. The number of nitrogens with zero attached hydrogens (tertiary/aromatic N) is 3. The lowest BCUT2D eigenvalue weighted by Crippen LogP contribution is -2.48. The quantitative estimate of drug-likeness (QED) is 0.848. The molecule has 3 nitrogen and oxygen atoms in total. The van der Waals surface area contributed by atoms with Crippen molar-refractivity contribution in [1.82, 2.24) is 14.9 Å². The normalized spacial score (nSPS) is 17.1. The number of aromatic nitrogens is 2. The van der Waals surface area contributed by atoms with E-state index in [0.717, 1.165) is 24.3 Å². The van der Waals surface area contributed by atoms with E-state index in [2.05, 4.69) is 29.1 Å². The standard InChI is InChI=1S/C14H17N3S/c1-10(2)17-7-12(8-17)14-16-13(9-18-14)11-3-5-15-6-4-11/h3-6,9-10,12H,7-8H2,1-2H3. The summed E-state index contributed by atoms with van der Waals surface area (Å²) in [5, 5.41) is 3.43. The highest BCUT2D eigenvalue weighted by atomic mass is 32.1. The second-order valence-electron chi connectivity index (χ2n) is 5.05. The molecule has 18 heavy (non-hydrogen) atoms. The van der Waals surface area contributed by atoms with Crippen LogP contribution in [0.1, 0.15) is 24.8 Å². The Labute approximate surface area is 112 Å². The molecule has 1 fully saturated rings. The average Bonchev–Trinajstić information content (AvgIpc) is 2.77. The predicted molar refractivity (Wildman–Crippen MR) is 74.8 cm³/mol. The molecule has 0 aliphatic carbocycles. The van der Waals surface area contributed by atoms with Gasteiger partial charge < -0.3 is 0 Å². The fraction of sp³-hybridized carbons (Fsp3) is 0.429. The molecule has 3 rings (SSSR count). The van der Waals surface area contributed by atoms with Gasteiger partial charge >= 0.3 is 0 Å². The largest absolute Gasteiger partial charge is 0.299 e. The minimum atomic E-state index is 0.632. The van der Waals surface area contributed by atoms with E-state index in [0.29, 0.717) is 12.0 Å². The van der Waals surface area contributed by atoms with Crippen LogP contribution in [0.5, 0.6) is 0 Å². The van der Waals surface area contributed by atoms with Crippen LogP contribution in [0.2, 0.25) is 0 Å². The van der Waals surface area contributed by atoms with Crippen LogP contribution in [-0.4, -0.2) is 34.0 Å². The van der Waals surface area contributed by atoms with Gasteiger partial charge in [0.2, 0.25) is 0 Å². The summed E-state index contributed by atoms with van der Waals surface area (Å²) in [6.07, 6.45) is 3.64. The summed E-state index contributed by atoms with van der Waals surface area (Å²) in [4.78, 5) is 11.3. The minimum Gasteiger partial charge on any atom is -0.299 e. The molecule has 1 aliphatic heterocycles. The number of likely N-dealkylation sites (tertiary alicyclic amines) is 1. The van der Waals surface area contributed by atoms with Gasteiger partial charge in [-0.25, -0.2) is 4.98 Å². The molecule has 0 unspecified atom stereocenters. The van der Waals surface area contributed by atoms with Crippen LogP contribution in [0.4, 0.5) is 0 Å². The maximum atomic E-state index is 4.76. The number of hydrogen-bond donors (Lipinski definition) is 0. The first-order valence-electron chi connectivity index (χ1n) is 6.34. The lowest BCUT2D eigenvalue weighted by molar-refractivity contribution is 0.110. The minimum absolute atomic E-state index is 0.632. The number of hydrogen-bond acceptors (Lipinski definition) is 4. The zero-order valence-electron chi connectivity index (χ0n) is 10.7. The van der Waals surface area contributed by atoms with Gasteiger partial charge in [-0.05, 0) is 26.0 Å². The highest BCUT2D eigenvalue weighted by molar-refractivity contribution is 7.10. The van der Waals surface area contributed by atoms with E-state index in [1.54, 1.807) is 11.3 Å². The van der Waals surface area contributed by atoms with Crippen LogP contribution in [0.15, 0.2) is 29.9 Å². The van der Waals surface area contributed by atoms with Crippen molar-refractivity contribution in [2.24, 2.45) is 0 Å². The Morgan fingerprint density at radius 1 is 1.28 bits per heavy atom. The molecule has 2 aromatic rings. The Morgan fingerprint density at radius 3 is 2.67 bits per heavy atom. The third-order valence-corrected chi connectivity index (χ3v) is 4.49. The molecule has 94 valence electrons. The molecule has 0 atom stereocenters. The first kappa shape index (κ1) is 11.8. The van der Waals surface area contributed by atoms with Gasteiger partial charge in [0.15, 0.2) is 0 Å². The SMILES string of the molecule is CC(C)N1CC(c2nc(-c3ccncc3)cs2)C1. The third kappa shape index (κ3) is 2.18. The summed E-state index contributed by atoms with van der Waals surface area (Å²) >= 11 is 1.78. The van der Waals surface area contributed by atoms with Crippen LogP contribution < -0.4 is 0 Å². The molecule has 1 saturated heterocycles. The topological polar surface area (TPSA) is 29.0 Å². The summed E-state index contributed by atoms with van der Waals surface area (Å²) in [6, 6.07) is 4.68. The lowest BCUT2D eigenvalue weighted by Gasteiger charge is -2.41. The molecule has 0 amide bonds. The summed E-state index contributed by atoms with van der Waals surface area (Å²) < 4.78 is 0. The van der Waals surface area contributed by atoms with E-state index >= 15 is 0 Å². The molecule has 0 radical (unpaired) electrons. The molecule has 4 heteroatoms. The average molecular weight is 259 g/mol. The highest BCUT2D eigenvalue weighted by Gasteiger charge is 2.31. The Balaban J connectivity index is 1.72. The Bertz CT molecular complexity index is 515. The fourth-order valence-corrected chi connectivity index (χ4v) is 3.13. The van der Waals surface area contributed by atoms with Crippen molar-refractivity contribution in [2.75, 3.05) is 13.1 Å². The van der Waals surface area contributed by atoms with E-state index in [1.165, 1.54) is 5.01 Å². The van der Waals surface area contributed by atoms with Gasteiger partial charge in [-0.3, -0.25) is 9.88 Å². The number of pyridine rings is 1. The second kappa shape index (κ2) is 4.78. The Kier molecular flexibility index (Phi) is 3.14. The molecule has 3 heterocycles. The Hall–Kier alpha value is -1.26. The zero-order chi connectivity index (χ0) is 12.5. The van der Waals surface area contributed by atoms with E-state index < -0.39 is 0 Å². The molecule has 2 aromatic heterocycles. The summed E-state index contributed by atoms with van der Waals surface area (Å²) in [5.74, 6) is 0.632. The maximum Gasteiger partial charge on any atom is 0.0989 e. The summed E-state index contributed by atoms with van der Waals surface area (Å²) in [7, 11) is 0. The van der Waals surface area contributed by atoms with Crippen molar-refractivity contribution >= 4 is 11.3 Å². The monoisotopic (exact) mass is 259 g/mol. The molecule has 0 spiro atoms. The van der Waals surface area contributed by atoms with Gasteiger partial charge in [0, 0.05) is 48.4 Å². The summed E-state index contributed by atoms with van der Waals surface area (Å²) in [6.45, 7) is 6.81. The van der Waals surface area contributed by atoms with Gasteiger partial charge in [0.25, 0.3) is 0 Å². The van der Waals surface area contributed by atoms with Gasteiger partial charge in [-0.1, -0.05) is 0 Å². The molecule has 0 saturated carbocycles. The first-order chi connectivity index (χ1) is 8.74. The maximum absolute atomic E-state index is 4.76. The smallest absolute Gasteiger partial charge is 0.0989 e. The van der Waals surface area contributed by atoms with Crippen molar-refractivity contribution in [2.45, 2.75) is 25.8 Å². The Morgan fingerprint density at radius 2 is 2.00 bits per heavy atom. The van der Waals surface area contributed by atoms with Crippen molar-refractivity contribution in [3.05, 3.63) is 34.9 Å². The number of thiazole rings is 1. The molecular weight excluding hydrogens is 242 g/mol. The fourth-order valence-electron chi connectivity index (χ4n) is 2.22. The second-order valence-corrected chi connectivity index (χ2v) is 5.94. The van der Waals surface area contributed by atoms with E-state index in [1.807, 2.05) is 24.5 Å². The van der Waals surface area contributed by atoms with Crippen LogP contribution in [0, 0.1) is 0 Å². The van der Waals surface area contributed by atoms with Gasteiger partial charge in [-0.2, -0.15) is 0 Å². The van der Waals surface area contributed by atoms with Gasteiger partial charge in [-0.15, -0.1) is 11.3 Å². The van der Waals surface area contributed by atoms with E-state index in [9.17, 15) is 0 Å². The zero-order valence-corrected chi connectivity index (χ0v) is 11.5. The number of rotatable bonds is 3. The van der Waals surface area contributed by atoms with Crippen LogP contribution >= 0.6 is 11.3 Å². The molecule has 1 aliphatic rings. The van der Waals surface area contributed by atoms with Crippen molar-refractivity contribution in [3.8, 4) is 11.3 Å². The molecule has 0 bridgehead atoms. The lowest BCUT2D eigenvalue weighted by atomic mass is 9.99. The molecule has 0 N–H and O–H groups in total. The van der Waals surface area contributed by atoms with Crippen LogP contribution in [0.3, 0.4) is 0 Å². The van der Waals surface area contributed by atoms with Gasteiger partial charge in [0.05, 0.1) is 10.7 Å². The van der Waals surface area contributed by atoms with Gasteiger partial charge in [0.1, 0.15) is 0 Å². The third-order valence-electron chi connectivity index (χ3n) is 3.49. The molecule has 0 aromatic carbocycles. The van der Waals surface area contributed by atoms with E-state index in [-0.39, 0.29) is 0 Å².